The normalized spacial score (nSPS) is 44.9. The molecule has 0 amide bonds. The number of fused-ring (bicyclic) bond motifs is 5. The molecule has 4 rings (SSSR count). The fourth-order valence-electron chi connectivity index (χ4n) is 8.42. The maximum atomic E-state index is 10.2. The average molecular weight is 415 g/mol. The molecule has 4 aliphatic carbocycles. The number of ether oxygens (including phenoxy) is 1. The van der Waals surface area contributed by atoms with Crippen molar-refractivity contribution in [1.29, 1.82) is 0 Å². The van der Waals surface area contributed by atoms with E-state index in [2.05, 4.69) is 52.8 Å². The molecular weight excluding hydrogens is 368 g/mol. The summed E-state index contributed by atoms with van der Waals surface area (Å²) in [5.41, 5.74) is 2.32. The molecular formula is C28H46O2. The predicted molar refractivity (Wildman–Crippen MR) is 125 cm³/mol. The van der Waals surface area contributed by atoms with E-state index in [4.69, 9.17) is 4.74 Å². The third-order valence-corrected chi connectivity index (χ3v) is 10.4. The van der Waals surface area contributed by atoms with E-state index in [0.717, 1.165) is 42.4 Å². The second-order valence-electron chi connectivity index (χ2n) is 12.3. The maximum absolute atomic E-state index is 10.2. The minimum atomic E-state index is -0.158. The lowest BCUT2D eigenvalue weighted by atomic mass is 9.47. The lowest BCUT2D eigenvalue weighted by Gasteiger charge is -2.58. The second kappa shape index (κ2) is 8.07. The lowest BCUT2D eigenvalue weighted by Crippen LogP contribution is -2.50. The van der Waals surface area contributed by atoms with Crippen molar-refractivity contribution in [2.45, 2.75) is 104 Å². The first-order valence-corrected chi connectivity index (χ1v) is 12.7. The van der Waals surface area contributed by atoms with Gasteiger partial charge in [0.1, 0.15) is 0 Å². The van der Waals surface area contributed by atoms with Gasteiger partial charge >= 0.3 is 0 Å². The van der Waals surface area contributed by atoms with Crippen LogP contribution in [0.25, 0.3) is 0 Å². The Labute approximate surface area is 185 Å². The summed E-state index contributed by atoms with van der Waals surface area (Å²) in [6, 6.07) is 0. The van der Waals surface area contributed by atoms with Gasteiger partial charge < -0.3 is 9.84 Å². The number of aliphatic hydroxyl groups excluding tert-OH is 1. The molecule has 0 bridgehead atoms. The maximum Gasteiger partial charge on any atom is 0.0802 e. The Morgan fingerprint density at radius 1 is 1.17 bits per heavy atom. The van der Waals surface area contributed by atoms with Crippen molar-refractivity contribution >= 4 is 0 Å². The summed E-state index contributed by atoms with van der Waals surface area (Å²) in [5, 5.41) is 10.2. The Morgan fingerprint density at radius 3 is 2.67 bits per heavy atom. The van der Waals surface area contributed by atoms with Crippen LogP contribution in [0, 0.1) is 40.4 Å². The van der Waals surface area contributed by atoms with Crippen molar-refractivity contribution < 1.29 is 9.84 Å². The minimum absolute atomic E-state index is 0.0948. The van der Waals surface area contributed by atoms with Gasteiger partial charge in [0.25, 0.3) is 0 Å². The molecule has 2 heteroatoms. The minimum Gasteiger partial charge on any atom is -0.393 e. The smallest absolute Gasteiger partial charge is 0.0802 e. The van der Waals surface area contributed by atoms with Crippen LogP contribution < -0.4 is 0 Å². The van der Waals surface area contributed by atoms with Crippen LogP contribution in [0.15, 0.2) is 23.8 Å². The molecule has 0 heterocycles. The van der Waals surface area contributed by atoms with Gasteiger partial charge in [-0.25, -0.2) is 0 Å². The number of hydrogen-bond acceptors (Lipinski definition) is 2. The third kappa shape index (κ3) is 3.75. The summed E-state index contributed by atoms with van der Waals surface area (Å²) in [5.74, 6) is 4.21. The first-order chi connectivity index (χ1) is 14.1. The topological polar surface area (TPSA) is 29.5 Å². The fourth-order valence-corrected chi connectivity index (χ4v) is 8.42. The molecule has 2 nitrogen and oxygen atoms in total. The van der Waals surface area contributed by atoms with Gasteiger partial charge in [0.05, 0.1) is 11.7 Å². The van der Waals surface area contributed by atoms with E-state index in [1.54, 1.807) is 12.7 Å². The van der Waals surface area contributed by atoms with Crippen LogP contribution in [0.4, 0.5) is 0 Å². The van der Waals surface area contributed by atoms with E-state index in [-0.39, 0.29) is 11.7 Å². The molecule has 30 heavy (non-hydrogen) atoms. The molecule has 0 aliphatic heterocycles. The Morgan fingerprint density at radius 2 is 1.93 bits per heavy atom. The second-order valence-corrected chi connectivity index (χ2v) is 12.3. The van der Waals surface area contributed by atoms with Crippen LogP contribution in [0.3, 0.4) is 0 Å². The van der Waals surface area contributed by atoms with E-state index in [1.165, 1.54) is 44.9 Å². The standard InChI is InChI=1S/C28H46O2/c1-19(8-7-15-26(2,3)30-6)23-11-12-24-22-10-9-20-18-21(29)13-16-27(20,4)25(22)14-17-28(23,24)5/h7,9,15,19,21-25,29H,8,10-14,16-18H2,1-6H3/b15-7+/t19-,21+,22+,23-,24+,25+,27+,28-/m1/s1. The van der Waals surface area contributed by atoms with Gasteiger partial charge in [0.2, 0.25) is 0 Å². The Kier molecular flexibility index (Phi) is 6.08. The molecule has 1 N–H and O–H groups in total. The molecule has 0 radical (unpaired) electrons. The van der Waals surface area contributed by atoms with E-state index in [1.807, 2.05) is 0 Å². The molecule has 3 saturated carbocycles. The van der Waals surface area contributed by atoms with Gasteiger partial charge in [-0.15, -0.1) is 0 Å². The third-order valence-electron chi connectivity index (χ3n) is 10.4. The highest BCUT2D eigenvalue weighted by molar-refractivity contribution is 5.25. The van der Waals surface area contributed by atoms with Crippen molar-refractivity contribution in [2.75, 3.05) is 7.11 Å². The van der Waals surface area contributed by atoms with Gasteiger partial charge in [-0.3, -0.25) is 0 Å². The van der Waals surface area contributed by atoms with Crippen molar-refractivity contribution in [2.24, 2.45) is 40.4 Å². The quantitative estimate of drug-likeness (QED) is 0.494. The van der Waals surface area contributed by atoms with Gasteiger partial charge in [-0.2, -0.15) is 0 Å². The molecule has 0 aromatic carbocycles. The van der Waals surface area contributed by atoms with E-state index >= 15 is 0 Å². The summed E-state index contributed by atoms with van der Waals surface area (Å²) >= 11 is 0. The fraction of sp³-hybridized carbons (Fsp3) is 0.857. The lowest BCUT2D eigenvalue weighted by molar-refractivity contribution is -0.0565. The van der Waals surface area contributed by atoms with Crippen LogP contribution in [0.5, 0.6) is 0 Å². The summed E-state index contributed by atoms with van der Waals surface area (Å²) in [6.45, 7) is 12.0. The molecule has 0 spiro atoms. The number of aliphatic hydroxyl groups is 1. The van der Waals surface area contributed by atoms with Crippen LogP contribution in [-0.2, 0) is 4.74 Å². The van der Waals surface area contributed by atoms with Crippen LogP contribution in [-0.4, -0.2) is 23.9 Å². The van der Waals surface area contributed by atoms with Crippen LogP contribution in [0.2, 0.25) is 0 Å². The highest BCUT2D eigenvalue weighted by Crippen LogP contribution is 2.67. The van der Waals surface area contributed by atoms with Gasteiger partial charge in [-0.05, 0) is 112 Å². The summed E-state index contributed by atoms with van der Waals surface area (Å²) < 4.78 is 5.56. The molecule has 0 unspecified atom stereocenters. The molecule has 4 aliphatic rings. The van der Waals surface area contributed by atoms with Crippen LogP contribution >= 0.6 is 0 Å². The number of rotatable bonds is 5. The zero-order chi connectivity index (χ0) is 21.7. The number of hydrogen-bond donors (Lipinski definition) is 1. The number of allylic oxidation sites excluding steroid dienone is 2. The van der Waals surface area contributed by atoms with Gasteiger partial charge in [0.15, 0.2) is 0 Å². The SMILES string of the molecule is COC(C)(C)/C=C/C[C@@H](C)[C@H]1CC[C@H]2[C@@H]3CC=C4C[C@@H](O)CC[C@]4(C)[C@H]3CC[C@]12C. The molecule has 8 atom stereocenters. The molecule has 0 aromatic rings. The van der Waals surface area contributed by atoms with E-state index < -0.39 is 0 Å². The predicted octanol–water partition coefficient (Wildman–Crippen LogP) is 6.93. The van der Waals surface area contributed by atoms with E-state index in [9.17, 15) is 5.11 Å². The summed E-state index contributed by atoms with van der Waals surface area (Å²) in [6.07, 6.45) is 18.3. The van der Waals surface area contributed by atoms with Crippen molar-refractivity contribution in [3.05, 3.63) is 23.8 Å². The first kappa shape index (κ1) is 22.6. The zero-order valence-corrected chi connectivity index (χ0v) is 20.4. The van der Waals surface area contributed by atoms with Crippen molar-refractivity contribution in [3.8, 4) is 0 Å². The van der Waals surface area contributed by atoms with Gasteiger partial charge in [-0.1, -0.05) is 44.6 Å². The summed E-state index contributed by atoms with van der Waals surface area (Å²) in [4.78, 5) is 0. The van der Waals surface area contributed by atoms with Crippen molar-refractivity contribution in [3.63, 3.8) is 0 Å². The molecule has 170 valence electrons. The highest BCUT2D eigenvalue weighted by Gasteiger charge is 2.59. The van der Waals surface area contributed by atoms with Crippen LogP contribution in [0.1, 0.15) is 92.4 Å². The Bertz CT molecular complexity index is 691. The molecule has 3 fully saturated rings. The molecule has 0 aromatic heterocycles. The monoisotopic (exact) mass is 414 g/mol. The Hall–Kier alpha value is -0.600. The highest BCUT2D eigenvalue weighted by atomic mass is 16.5. The van der Waals surface area contributed by atoms with Gasteiger partial charge in [0, 0.05) is 7.11 Å². The number of methoxy groups -OCH3 is 1. The zero-order valence-electron chi connectivity index (χ0n) is 20.4. The molecule has 0 saturated heterocycles. The summed E-state index contributed by atoms with van der Waals surface area (Å²) in [7, 11) is 1.80. The van der Waals surface area contributed by atoms with E-state index in [0.29, 0.717) is 10.8 Å². The average Bonchev–Trinajstić information content (AvgIpc) is 3.05. The van der Waals surface area contributed by atoms with Crippen molar-refractivity contribution in [1.82, 2.24) is 0 Å². The largest absolute Gasteiger partial charge is 0.393 e. The first-order valence-electron chi connectivity index (χ1n) is 12.7. The Balaban J connectivity index is 1.49.